The molecule has 26 heavy (non-hydrogen) atoms. The van der Waals surface area contributed by atoms with Gasteiger partial charge in [0.15, 0.2) is 5.96 Å². The number of aromatic nitrogens is 1. The van der Waals surface area contributed by atoms with Crippen LogP contribution in [-0.2, 0) is 24.0 Å². The molecule has 0 aliphatic heterocycles. The second-order valence-corrected chi connectivity index (χ2v) is 7.70. The molecule has 2 N–H and O–H groups in total. The van der Waals surface area contributed by atoms with Gasteiger partial charge in [0, 0.05) is 44.6 Å². The van der Waals surface area contributed by atoms with Gasteiger partial charge < -0.3 is 15.4 Å². The molecule has 0 fully saturated rings. The predicted molar refractivity (Wildman–Crippen MR) is 122 cm³/mol. The van der Waals surface area contributed by atoms with Crippen LogP contribution in [0.1, 0.15) is 61.0 Å². The molecule has 1 aliphatic carbocycles. The molecule has 0 aromatic carbocycles. The molecule has 1 aromatic rings. The lowest BCUT2D eigenvalue weighted by Gasteiger charge is -2.11. The lowest BCUT2D eigenvalue weighted by atomic mass is 10.0. The second kappa shape index (κ2) is 14.6. The van der Waals surface area contributed by atoms with Crippen LogP contribution in [0.25, 0.3) is 0 Å². The fraction of sp³-hybridized carbons (Fsp3) is 0.789. The van der Waals surface area contributed by atoms with Crippen molar-refractivity contribution in [2.45, 2.75) is 64.7 Å². The number of thiazole rings is 1. The Hall–Kier alpha value is -0.410. The SMILES string of the molecule is CCCCOCCCNC(=NC)NCCCc1nc2c(s1)CCCC2.I. The van der Waals surface area contributed by atoms with Crippen LogP contribution in [0.3, 0.4) is 0 Å². The molecule has 2 rings (SSSR count). The number of fused-ring (bicyclic) bond motifs is 1. The third kappa shape index (κ3) is 8.99. The summed E-state index contributed by atoms with van der Waals surface area (Å²) in [5.74, 6) is 0.881. The van der Waals surface area contributed by atoms with E-state index in [1.54, 1.807) is 0 Å². The van der Waals surface area contributed by atoms with Gasteiger partial charge in [-0.15, -0.1) is 35.3 Å². The molecule has 0 amide bonds. The van der Waals surface area contributed by atoms with Crippen molar-refractivity contribution in [2.24, 2.45) is 4.99 Å². The van der Waals surface area contributed by atoms with E-state index < -0.39 is 0 Å². The summed E-state index contributed by atoms with van der Waals surface area (Å²) in [7, 11) is 1.82. The van der Waals surface area contributed by atoms with Crippen molar-refractivity contribution >= 4 is 41.3 Å². The molecule has 0 saturated heterocycles. The molecule has 1 heterocycles. The number of unbranched alkanes of at least 4 members (excludes halogenated alkanes) is 1. The van der Waals surface area contributed by atoms with E-state index in [-0.39, 0.29) is 24.0 Å². The van der Waals surface area contributed by atoms with Crippen LogP contribution in [0.5, 0.6) is 0 Å². The van der Waals surface area contributed by atoms with Crippen molar-refractivity contribution in [3.8, 4) is 0 Å². The van der Waals surface area contributed by atoms with Crippen molar-refractivity contribution in [1.82, 2.24) is 15.6 Å². The number of guanidine groups is 1. The van der Waals surface area contributed by atoms with E-state index in [0.717, 1.165) is 57.9 Å². The van der Waals surface area contributed by atoms with Gasteiger partial charge >= 0.3 is 0 Å². The molecule has 7 heteroatoms. The van der Waals surface area contributed by atoms with Crippen LogP contribution < -0.4 is 10.6 Å². The van der Waals surface area contributed by atoms with Crippen LogP contribution in [0, 0.1) is 0 Å². The van der Waals surface area contributed by atoms with Gasteiger partial charge in [-0.05, 0) is 44.9 Å². The largest absolute Gasteiger partial charge is 0.381 e. The zero-order chi connectivity index (χ0) is 17.7. The van der Waals surface area contributed by atoms with E-state index in [9.17, 15) is 0 Å². The van der Waals surface area contributed by atoms with Crippen LogP contribution in [0.2, 0.25) is 0 Å². The van der Waals surface area contributed by atoms with Crippen molar-refractivity contribution in [3.05, 3.63) is 15.6 Å². The number of nitrogens with one attached hydrogen (secondary N) is 2. The highest BCUT2D eigenvalue weighted by atomic mass is 127. The van der Waals surface area contributed by atoms with Gasteiger partial charge in [-0.3, -0.25) is 4.99 Å². The topological polar surface area (TPSA) is 58.5 Å². The highest BCUT2D eigenvalue weighted by Crippen LogP contribution is 2.27. The Balaban J connectivity index is 0.00000338. The molecule has 150 valence electrons. The van der Waals surface area contributed by atoms with Gasteiger partial charge in [0.25, 0.3) is 0 Å². The Bertz CT molecular complexity index is 498. The average Bonchev–Trinajstić information content (AvgIpc) is 3.05. The minimum Gasteiger partial charge on any atom is -0.381 e. The molecule has 0 bridgehead atoms. The van der Waals surface area contributed by atoms with Gasteiger partial charge in [-0.2, -0.15) is 0 Å². The summed E-state index contributed by atoms with van der Waals surface area (Å²) < 4.78 is 5.57. The maximum atomic E-state index is 5.57. The quantitative estimate of drug-likeness (QED) is 0.212. The number of nitrogens with zero attached hydrogens (tertiary/aromatic N) is 2. The predicted octanol–water partition coefficient (Wildman–Crippen LogP) is 3.94. The lowest BCUT2D eigenvalue weighted by Crippen LogP contribution is -2.38. The van der Waals surface area contributed by atoms with Crippen molar-refractivity contribution in [1.29, 1.82) is 0 Å². The summed E-state index contributed by atoms with van der Waals surface area (Å²) in [6.45, 7) is 5.70. The maximum absolute atomic E-state index is 5.57. The lowest BCUT2D eigenvalue weighted by molar-refractivity contribution is 0.129. The van der Waals surface area contributed by atoms with Crippen LogP contribution in [0.15, 0.2) is 4.99 Å². The fourth-order valence-corrected chi connectivity index (χ4v) is 4.11. The van der Waals surface area contributed by atoms with Crippen molar-refractivity contribution < 1.29 is 4.74 Å². The minimum absolute atomic E-state index is 0. The number of rotatable bonds is 11. The summed E-state index contributed by atoms with van der Waals surface area (Å²) in [5, 5.41) is 8.04. The molecule has 0 saturated carbocycles. The van der Waals surface area contributed by atoms with E-state index in [4.69, 9.17) is 9.72 Å². The first-order valence-corrected chi connectivity index (χ1v) is 10.6. The van der Waals surface area contributed by atoms with Gasteiger partial charge in [0.05, 0.1) is 10.7 Å². The summed E-state index contributed by atoms with van der Waals surface area (Å²) in [6.07, 6.45) is 10.6. The van der Waals surface area contributed by atoms with E-state index in [1.165, 1.54) is 47.7 Å². The highest BCUT2D eigenvalue weighted by Gasteiger charge is 2.14. The van der Waals surface area contributed by atoms with Crippen LogP contribution >= 0.6 is 35.3 Å². The van der Waals surface area contributed by atoms with Crippen molar-refractivity contribution in [2.75, 3.05) is 33.4 Å². The monoisotopic (exact) mass is 494 g/mol. The fourth-order valence-electron chi connectivity index (χ4n) is 2.91. The first-order chi connectivity index (χ1) is 12.3. The summed E-state index contributed by atoms with van der Waals surface area (Å²) in [4.78, 5) is 10.6. The number of hydrogen-bond donors (Lipinski definition) is 2. The van der Waals surface area contributed by atoms with Crippen LogP contribution in [-0.4, -0.2) is 44.3 Å². The molecule has 5 nitrogen and oxygen atoms in total. The van der Waals surface area contributed by atoms with Gasteiger partial charge in [0.1, 0.15) is 0 Å². The van der Waals surface area contributed by atoms with Crippen LogP contribution in [0.4, 0.5) is 0 Å². The summed E-state index contributed by atoms with van der Waals surface area (Å²) in [6, 6.07) is 0. The molecule has 0 spiro atoms. The van der Waals surface area contributed by atoms with Crippen molar-refractivity contribution in [3.63, 3.8) is 0 Å². The third-order valence-electron chi connectivity index (χ3n) is 4.37. The number of aryl methyl sites for hydroxylation is 3. The van der Waals surface area contributed by atoms with E-state index in [2.05, 4.69) is 22.5 Å². The summed E-state index contributed by atoms with van der Waals surface area (Å²) >= 11 is 1.93. The zero-order valence-electron chi connectivity index (χ0n) is 16.3. The Morgan fingerprint density at radius 2 is 1.85 bits per heavy atom. The molecular weight excluding hydrogens is 459 g/mol. The van der Waals surface area contributed by atoms with E-state index in [1.807, 2.05) is 18.4 Å². The standard InChI is InChI=1S/C19H34N4OS.HI/c1-3-4-14-24-15-8-13-22-19(20-2)21-12-7-11-18-23-16-9-5-6-10-17(16)25-18;/h3-15H2,1-2H3,(H2,20,21,22);1H. The van der Waals surface area contributed by atoms with Gasteiger partial charge in [-0.1, -0.05) is 13.3 Å². The Morgan fingerprint density at radius 3 is 2.58 bits per heavy atom. The Morgan fingerprint density at radius 1 is 1.12 bits per heavy atom. The second-order valence-electron chi connectivity index (χ2n) is 6.53. The molecule has 0 radical (unpaired) electrons. The maximum Gasteiger partial charge on any atom is 0.190 e. The van der Waals surface area contributed by atoms with E-state index in [0.29, 0.717) is 0 Å². The molecule has 1 aromatic heterocycles. The number of aliphatic imine (C=N–C) groups is 1. The molecule has 0 atom stereocenters. The third-order valence-corrected chi connectivity index (χ3v) is 5.59. The average molecular weight is 494 g/mol. The Labute approximate surface area is 179 Å². The van der Waals surface area contributed by atoms with Gasteiger partial charge in [0.2, 0.25) is 0 Å². The first kappa shape index (κ1) is 23.6. The highest BCUT2D eigenvalue weighted by molar-refractivity contribution is 14.0. The molecular formula is C19H35IN4OS. The summed E-state index contributed by atoms with van der Waals surface area (Å²) in [5.41, 5.74) is 1.37. The number of hydrogen-bond acceptors (Lipinski definition) is 4. The molecule has 0 unspecified atom stereocenters. The number of ether oxygens (including phenoxy) is 1. The molecule has 1 aliphatic rings. The normalized spacial score (nSPS) is 13.8. The van der Waals surface area contributed by atoms with E-state index >= 15 is 0 Å². The zero-order valence-corrected chi connectivity index (χ0v) is 19.5. The smallest absolute Gasteiger partial charge is 0.190 e. The Kier molecular flexibility index (Phi) is 13.3. The van der Waals surface area contributed by atoms with Gasteiger partial charge in [-0.25, -0.2) is 4.98 Å². The first-order valence-electron chi connectivity index (χ1n) is 9.83. The number of halogens is 1. The minimum atomic E-state index is 0.